The predicted molar refractivity (Wildman–Crippen MR) is 102 cm³/mol. The molecular weight excluding hydrogens is 402 g/mol. The lowest BCUT2D eigenvalue weighted by molar-refractivity contribution is -0.263. The first-order valence-electron chi connectivity index (χ1n) is 8.77. The van der Waals surface area contributed by atoms with Crippen molar-refractivity contribution >= 4 is 21.0 Å². The van der Waals surface area contributed by atoms with Crippen LogP contribution >= 0.6 is 0 Å². The first-order valence-corrected chi connectivity index (χ1v) is 10.3. The molecule has 0 aliphatic carbocycles. The van der Waals surface area contributed by atoms with Crippen molar-refractivity contribution in [2.24, 2.45) is 0 Å². The molecule has 5 atom stereocenters. The molecule has 0 bridgehead atoms. The minimum absolute atomic E-state index is 0.298. The molecule has 0 amide bonds. The van der Waals surface area contributed by atoms with Crippen LogP contribution in [0.25, 0.3) is 10.9 Å². The second kappa shape index (κ2) is 7.65. The lowest BCUT2D eigenvalue weighted by Gasteiger charge is -2.40. The van der Waals surface area contributed by atoms with E-state index in [0.717, 1.165) is 5.39 Å². The monoisotopic (exact) mass is 421 g/mol. The van der Waals surface area contributed by atoms with E-state index < -0.39 is 40.2 Å². The van der Waals surface area contributed by atoms with Gasteiger partial charge in [0.25, 0.3) is 10.1 Å². The summed E-state index contributed by atoms with van der Waals surface area (Å²) in [7, 11) is -4.83. The maximum atomic E-state index is 11.7. The molecule has 0 saturated carbocycles. The standard InChI is InChI=1S/C19H19NO8S/c21-15-17(28-20-11-10-12-6-4-5-9-14(12)20)16(22)19(29(23,24)25)27-18(15)26-13-7-2-1-3-8-13/h1-11,15-19,21-22H,(H,23,24,25)/t15-,16+,17-,18-,19?/m1/s1. The molecule has 154 valence electrons. The van der Waals surface area contributed by atoms with Gasteiger partial charge in [0.2, 0.25) is 11.7 Å². The average molecular weight is 421 g/mol. The van der Waals surface area contributed by atoms with Gasteiger partial charge in [0.15, 0.2) is 12.2 Å². The SMILES string of the molecule is O=S(=O)(O)C1O[C@@H](Oc2ccccc2)[C@H](O)[C@@H](On2ccc3ccccc32)[C@@H]1O. The van der Waals surface area contributed by atoms with E-state index in [1.54, 1.807) is 54.7 Å². The minimum Gasteiger partial charge on any atom is -0.462 e. The molecule has 1 saturated heterocycles. The Labute approximate surface area is 166 Å². The molecule has 0 radical (unpaired) electrons. The van der Waals surface area contributed by atoms with Crippen LogP contribution in [0.15, 0.2) is 66.9 Å². The highest BCUT2D eigenvalue weighted by Crippen LogP contribution is 2.28. The smallest absolute Gasteiger partial charge is 0.295 e. The predicted octanol–water partition coefficient (Wildman–Crippen LogP) is 0.809. The van der Waals surface area contributed by atoms with E-state index in [9.17, 15) is 23.2 Å². The van der Waals surface area contributed by atoms with Crippen LogP contribution in [0, 0.1) is 0 Å². The zero-order valence-corrected chi connectivity index (χ0v) is 15.8. The summed E-state index contributed by atoms with van der Waals surface area (Å²) in [5.41, 5.74) is -1.42. The van der Waals surface area contributed by atoms with E-state index in [2.05, 4.69) is 0 Å². The third-order valence-corrected chi connectivity index (χ3v) is 5.56. The Morgan fingerprint density at radius 2 is 1.62 bits per heavy atom. The van der Waals surface area contributed by atoms with E-state index in [-0.39, 0.29) is 0 Å². The average Bonchev–Trinajstić information content (AvgIpc) is 3.10. The topological polar surface area (TPSA) is 127 Å². The Morgan fingerprint density at radius 1 is 0.931 bits per heavy atom. The van der Waals surface area contributed by atoms with Gasteiger partial charge in [0, 0.05) is 11.6 Å². The molecule has 9 nitrogen and oxygen atoms in total. The second-order valence-corrected chi connectivity index (χ2v) is 8.06. The molecule has 0 spiro atoms. The van der Waals surface area contributed by atoms with Gasteiger partial charge in [-0.15, -0.1) is 0 Å². The van der Waals surface area contributed by atoms with Gasteiger partial charge in [-0.3, -0.25) is 4.55 Å². The zero-order chi connectivity index (χ0) is 20.6. The van der Waals surface area contributed by atoms with Crippen molar-refractivity contribution in [3.8, 4) is 5.75 Å². The van der Waals surface area contributed by atoms with Gasteiger partial charge in [-0.2, -0.15) is 13.1 Å². The third kappa shape index (κ3) is 3.93. The van der Waals surface area contributed by atoms with Crippen molar-refractivity contribution in [3.63, 3.8) is 0 Å². The molecule has 29 heavy (non-hydrogen) atoms. The van der Waals surface area contributed by atoms with Gasteiger partial charge >= 0.3 is 0 Å². The molecule has 1 aliphatic heterocycles. The molecule has 2 heterocycles. The summed E-state index contributed by atoms with van der Waals surface area (Å²) in [4.78, 5) is 5.71. The number of aliphatic hydroxyl groups is 2. The summed E-state index contributed by atoms with van der Waals surface area (Å²) in [5, 5.41) is 22.0. The largest absolute Gasteiger partial charge is 0.462 e. The van der Waals surface area contributed by atoms with E-state index in [1.807, 2.05) is 12.1 Å². The summed E-state index contributed by atoms with van der Waals surface area (Å²) in [5.74, 6) is 0.298. The van der Waals surface area contributed by atoms with E-state index in [4.69, 9.17) is 14.3 Å². The van der Waals surface area contributed by atoms with Crippen molar-refractivity contribution < 1.29 is 37.5 Å². The van der Waals surface area contributed by atoms with Crippen molar-refractivity contribution in [2.45, 2.75) is 30.0 Å². The summed E-state index contributed by atoms with van der Waals surface area (Å²) in [6.45, 7) is 0. The molecule has 10 heteroatoms. The highest BCUT2D eigenvalue weighted by Gasteiger charge is 2.52. The van der Waals surface area contributed by atoms with Crippen LogP contribution in [0.4, 0.5) is 0 Å². The Kier molecular flexibility index (Phi) is 5.19. The van der Waals surface area contributed by atoms with Crippen LogP contribution < -0.4 is 9.57 Å². The van der Waals surface area contributed by atoms with Crippen molar-refractivity contribution in [2.75, 3.05) is 0 Å². The van der Waals surface area contributed by atoms with E-state index >= 15 is 0 Å². The summed E-state index contributed by atoms with van der Waals surface area (Å²) < 4.78 is 45.0. The summed E-state index contributed by atoms with van der Waals surface area (Å²) in [6, 6.07) is 17.2. The molecule has 3 aromatic rings. The fourth-order valence-electron chi connectivity index (χ4n) is 3.19. The molecule has 1 aliphatic rings. The number of nitrogens with zero attached hydrogens (tertiary/aromatic N) is 1. The quantitative estimate of drug-likeness (QED) is 0.517. The van der Waals surface area contributed by atoms with Crippen LogP contribution in [0.3, 0.4) is 0 Å². The minimum atomic E-state index is -4.83. The highest BCUT2D eigenvalue weighted by molar-refractivity contribution is 7.86. The first kappa shape index (κ1) is 19.7. The number of hydrogen-bond donors (Lipinski definition) is 3. The second-order valence-electron chi connectivity index (χ2n) is 6.57. The molecule has 1 aromatic heterocycles. The Morgan fingerprint density at radius 3 is 2.34 bits per heavy atom. The number of benzene rings is 2. The number of fused-ring (bicyclic) bond motifs is 1. The van der Waals surface area contributed by atoms with Crippen LogP contribution in [-0.4, -0.2) is 58.0 Å². The lowest BCUT2D eigenvalue weighted by atomic mass is 10.1. The van der Waals surface area contributed by atoms with Gasteiger partial charge in [-0.1, -0.05) is 36.4 Å². The van der Waals surface area contributed by atoms with E-state index in [1.165, 1.54) is 4.73 Å². The van der Waals surface area contributed by atoms with Gasteiger partial charge in [0.05, 0.1) is 5.52 Å². The molecule has 2 aromatic carbocycles. The molecular formula is C19H19NO8S. The van der Waals surface area contributed by atoms with Gasteiger partial charge in [0.1, 0.15) is 11.9 Å². The van der Waals surface area contributed by atoms with Crippen molar-refractivity contribution in [3.05, 3.63) is 66.9 Å². The summed E-state index contributed by atoms with van der Waals surface area (Å²) in [6.07, 6.45) is -4.87. The van der Waals surface area contributed by atoms with Crippen molar-refractivity contribution in [1.82, 2.24) is 4.73 Å². The van der Waals surface area contributed by atoms with Gasteiger partial charge < -0.3 is 24.5 Å². The van der Waals surface area contributed by atoms with Crippen LogP contribution in [0.1, 0.15) is 0 Å². The third-order valence-electron chi connectivity index (χ3n) is 4.59. The number of para-hydroxylation sites is 2. The fraction of sp³-hybridized carbons (Fsp3) is 0.263. The molecule has 1 fully saturated rings. The number of aromatic nitrogens is 1. The van der Waals surface area contributed by atoms with E-state index in [0.29, 0.717) is 11.3 Å². The highest BCUT2D eigenvalue weighted by atomic mass is 32.2. The maximum absolute atomic E-state index is 11.7. The normalized spacial score (nSPS) is 27.6. The number of ether oxygens (including phenoxy) is 2. The lowest BCUT2D eigenvalue weighted by Crippen LogP contribution is -2.63. The van der Waals surface area contributed by atoms with Crippen LogP contribution in [0.2, 0.25) is 0 Å². The maximum Gasteiger partial charge on any atom is 0.295 e. The number of aliphatic hydroxyl groups excluding tert-OH is 2. The summed E-state index contributed by atoms with van der Waals surface area (Å²) >= 11 is 0. The van der Waals surface area contributed by atoms with Crippen LogP contribution in [-0.2, 0) is 14.9 Å². The number of hydrogen-bond acceptors (Lipinski definition) is 7. The van der Waals surface area contributed by atoms with Crippen molar-refractivity contribution in [1.29, 1.82) is 0 Å². The molecule has 1 unspecified atom stereocenters. The molecule has 3 N–H and O–H groups in total. The Bertz CT molecular complexity index is 1080. The van der Waals surface area contributed by atoms with Gasteiger partial charge in [-0.05, 0) is 24.3 Å². The fourth-order valence-corrected chi connectivity index (χ4v) is 3.94. The zero-order valence-electron chi connectivity index (χ0n) is 15.0. The Balaban J connectivity index is 1.66. The van der Waals surface area contributed by atoms with Crippen LogP contribution in [0.5, 0.6) is 5.75 Å². The number of rotatable bonds is 5. The van der Waals surface area contributed by atoms with Gasteiger partial charge in [-0.25, -0.2) is 0 Å². The Hall–Kier alpha value is -2.63. The molecule has 4 rings (SSSR count). The first-order chi connectivity index (χ1) is 13.8.